The van der Waals surface area contributed by atoms with E-state index in [-0.39, 0.29) is 6.54 Å². The van der Waals surface area contributed by atoms with Crippen molar-refractivity contribution in [1.29, 1.82) is 0 Å². The first-order chi connectivity index (χ1) is 6.13. The highest BCUT2D eigenvalue weighted by molar-refractivity contribution is 6.02. The van der Waals surface area contributed by atoms with Crippen LogP contribution >= 0.6 is 0 Å². The molecular formula is C6H10N4O3. The Labute approximate surface area is 74.4 Å². The highest BCUT2D eigenvalue weighted by Crippen LogP contribution is 1.92. The molecule has 7 nitrogen and oxygen atoms in total. The van der Waals surface area contributed by atoms with Crippen LogP contribution in [0.3, 0.4) is 0 Å². The molecule has 1 heterocycles. The summed E-state index contributed by atoms with van der Waals surface area (Å²) in [5.41, 5.74) is 2.21. The average molecular weight is 186 g/mol. The van der Waals surface area contributed by atoms with Gasteiger partial charge >= 0.3 is 12.1 Å². The SMILES string of the molecule is CCNC(=O)NN1CC(=O)NC1=O. The van der Waals surface area contributed by atoms with Crippen molar-refractivity contribution in [2.45, 2.75) is 6.92 Å². The van der Waals surface area contributed by atoms with Crippen molar-refractivity contribution in [3.8, 4) is 0 Å². The summed E-state index contributed by atoms with van der Waals surface area (Å²) < 4.78 is 0. The lowest BCUT2D eigenvalue weighted by molar-refractivity contribution is -0.118. The average Bonchev–Trinajstić information content (AvgIpc) is 2.30. The van der Waals surface area contributed by atoms with E-state index in [1.165, 1.54) is 0 Å². The predicted molar refractivity (Wildman–Crippen MR) is 42.5 cm³/mol. The van der Waals surface area contributed by atoms with Gasteiger partial charge in [0.15, 0.2) is 0 Å². The first-order valence-electron chi connectivity index (χ1n) is 3.79. The van der Waals surface area contributed by atoms with Crippen molar-refractivity contribution in [3.05, 3.63) is 0 Å². The van der Waals surface area contributed by atoms with Gasteiger partial charge in [-0.1, -0.05) is 0 Å². The standard InChI is InChI=1S/C6H10N4O3/c1-2-7-5(12)9-10-3-4(11)8-6(10)13/h2-3H2,1H3,(H2,7,9,12)(H,8,11,13). The zero-order chi connectivity index (χ0) is 9.84. The molecule has 1 saturated heterocycles. The van der Waals surface area contributed by atoms with Crippen LogP contribution in [0.1, 0.15) is 6.92 Å². The molecule has 1 aliphatic rings. The van der Waals surface area contributed by atoms with Crippen molar-refractivity contribution >= 4 is 18.0 Å². The number of imide groups is 1. The van der Waals surface area contributed by atoms with Crippen molar-refractivity contribution < 1.29 is 14.4 Å². The first kappa shape index (κ1) is 9.30. The van der Waals surface area contributed by atoms with Gasteiger partial charge in [-0.2, -0.15) is 0 Å². The van der Waals surface area contributed by atoms with Gasteiger partial charge in [-0.05, 0) is 6.92 Å². The second-order valence-electron chi connectivity index (χ2n) is 2.41. The predicted octanol–water partition coefficient (Wildman–Crippen LogP) is -1.23. The molecule has 0 saturated carbocycles. The Balaban J connectivity index is 2.41. The molecular weight excluding hydrogens is 176 g/mol. The Bertz CT molecular complexity index is 252. The van der Waals surface area contributed by atoms with E-state index in [1.54, 1.807) is 6.92 Å². The second kappa shape index (κ2) is 3.74. The van der Waals surface area contributed by atoms with Gasteiger partial charge in [-0.15, -0.1) is 0 Å². The first-order valence-corrected chi connectivity index (χ1v) is 3.79. The minimum atomic E-state index is -0.615. The van der Waals surface area contributed by atoms with Crippen LogP contribution in [0, 0.1) is 0 Å². The molecule has 0 bridgehead atoms. The molecule has 0 aromatic carbocycles. The highest BCUT2D eigenvalue weighted by atomic mass is 16.2. The van der Waals surface area contributed by atoms with E-state index in [1.807, 2.05) is 5.32 Å². The minimum absolute atomic E-state index is 0.143. The quantitative estimate of drug-likeness (QED) is 0.472. The number of amides is 5. The molecule has 72 valence electrons. The van der Waals surface area contributed by atoms with Crippen molar-refractivity contribution in [2.75, 3.05) is 13.1 Å². The van der Waals surface area contributed by atoms with Crippen LogP contribution in [-0.4, -0.2) is 36.1 Å². The van der Waals surface area contributed by atoms with Gasteiger partial charge in [0.25, 0.3) is 0 Å². The fourth-order valence-electron chi connectivity index (χ4n) is 0.855. The topological polar surface area (TPSA) is 90.5 Å². The summed E-state index contributed by atoms with van der Waals surface area (Å²) in [6.07, 6.45) is 0. The van der Waals surface area contributed by atoms with Crippen LogP contribution in [0.15, 0.2) is 0 Å². The van der Waals surface area contributed by atoms with E-state index in [2.05, 4.69) is 10.7 Å². The third-order valence-corrected chi connectivity index (χ3v) is 1.37. The Morgan fingerprint density at radius 3 is 2.77 bits per heavy atom. The molecule has 0 radical (unpaired) electrons. The molecule has 0 spiro atoms. The van der Waals surface area contributed by atoms with E-state index < -0.39 is 18.0 Å². The molecule has 1 fully saturated rings. The number of urea groups is 2. The van der Waals surface area contributed by atoms with Gasteiger partial charge in [0, 0.05) is 6.54 Å². The summed E-state index contributed by atoms with van der Waals surface area (Å²) >= 11 is 0. The Kier molecular flexibility index (Phi) is 2.68. The molecule has 7 heteroatoms. The molecule has 0 aromatic rings. The Morgan fingerprint density at radius 2 is 2.31 bits per heavy atom. The number of rotatable bonds is 2. The molecule has 5 amide bonds. The van der Waals surface area contributed by atoms with Crippen LogP contribution in [0.4, 0.5) is 9.59 Å². The number of nitrogens with one attached hydrogen (secondary N) is 3. The van der Waals surface area contributed by atoms with Crippen LogP contribution < -0.4 is 16.1 Å². The third-order valence-electron chi connectivity index (χ3n) is 1.37. The Morgan fingerprint density at radius 1 is 1.62 bits per heavy atom. The maximum Gasteiger partial charge on any atom is 0.343 e. The van der Waals surface area contributed by atoms with Gasteiger partial charge in [-0.3, -0.25) is 10.1 Å². The fourth-order valence-corrected chi connectivity index (χ4v) is 0.855. The summed E-state index contributed by atoms with van der Waals surface area (Å²) in [5.74, 6) is -0.429. The number of nitrogens with zero attached hydrogens (tertiary/aromatic N) is 1. The van der Waals surface area contributed by atoms with Crippen molar-refractivity contribution in [2.24, 2.45) is 0 Å². The smallest absolute Gasteiger partial charge is 0.337 e. The highest BCUT2D eigenvalue weighted by Gasteiger charge is 2.27. The summed E-state index contributed by atoms with van der Waals surface area (Å²) in [7, 11) is 0. The number of carbonyl (C=O) groups is 3. The molecule has 0 aliphatic carbocycles. The monoisotopic (exact) mass is 186 g/mol. The Hall–Kier alpha value is -1.79. The fraction of sp³-hybridized carbons (Fsp3) is 0.500. The van der Waals surface area contributed by atoms with E-state index in [9.17, 15) is 14.4 Å². The molecule has 3 N–H and O–H groups in total. The van der Waals surface area contributed by atoms with Crippen molar-refractivity contribution in [3.63, 3.8) is 0 Å². The number of hydrazine groups is 1. The van der Waals surface area contributed by atoms with Crippen LogP contribution in [0.5, 0.6) is 0 Å². The second-order valence-corrected chi connectivity index (χ2v) is 2.41. The number of hydrogen-bond donors (Lipinski definition) is 3. The van der Waals surface area contributed by atoms with Gasteiger partial charge in [0.05, 0.1) is 0 Å². The molecule has 1 rings (SSSR count). The molecule has 13 heavy (non-hydrogen) atoms. The zero-order valence-electron chi connectivity index (χ0n) is 7.09. The van der Waals surface area contributed by atoms with E-state index in [0.29, 0.717) is 6.54 Å². The molecule has 1 aliphatic heterocycles. The van der Waals surface area contributed by atoms with Crippen LogP contribution in [-0.2, 0) is 4.79 Å². The summed E-state index contributed by atoms with van der Waals surface area (Å²) in [6.45, 7) is 2.06. The normalized spacial score (nSPS) is 15.6. The summed E-state index contributed by atoms with van der Waals surface area (Å²) in [6, 6.07) is -1.12. The van der Waals surface area contributed by atoms with Gasteiger partial charge in [0.1, 0.15) is 6.54 Å². The zero-order valence-corrected chi connectivity index (χ0v) is 7.09. The van der Waals surface area contributed by atoms with Gasteiger partial charge in [-0.25, -0.2) is 20.0 Å². The lowest BCUT2D eigenvalue weighted by Gasteiger charge is -2.14. The number of hydrogen-bond acceptors (Lipinski definition) is 3. The van der Waals surface area contributed by atoms with Crippen molar-refractivity contribution in [1.82, 2.24) is 21.1 Å². The van der Waals surface area contributed by atoms with Gasteiger partial charge in [0.2, 0.25) is 5.91 Å². The third kappa shape index (κ3) is 2.32. The van der Waals surface area contributed by atoms with Crippen LogP contribution in [0.25, 0.3) is 0 Å². The van der Waals surface area contributed by atoms with E-state index >= 15 is 0 Å². The maximum atomic E-state index is 10.9. The summed E-state index contributed by atoms with van der Waals surface area (Å²) in [4.78, 5) is 32.4. The van der Waals surface area contributed by atoms with E-state index in [0.717, 1.165) is 5.01 Å². The summed E-state index contributed by atoms with van der Waals surface area (Å²) in [5, 5.41) is 5.35. The van der Waals surface area contributed by atoms with E-state index in [4.69, 9.17) is 0 Å². The lowest BCUT2D eigenvalue weighted by atomic mass is 10.6. The van der Waals surface area contributed by atoms with Crippen LogP contribution in [0.2, 0.25) is 0 Å². The minimum Gasteiger partial charge on any atom is -0.337 e. The molecule has 0 unspecified atom stereocenters. The van der Waals surface area contributed by atoms with Gasteiger partial charge < -0.3 is 5.32 Å². The maximum absolute atomic E-state index is 10.9. The lowest BCUT2D eigenvalue weighted by Crippen LogP contribution is -2.48. The molecule has 0 aromatic heterocycles. The number of carbonyl (C=O) groups excluding carboxylic acids is 3. The largest absolute Gasteiger partial charge is 0.343 e. The molecule has 0 atom stereocenters.